The SMILES string of the molecule is CCNC(=NCC(C)(O)c1cnn(C)c1)NCCNC(=O)Cc1cccc(F)c1.I. The van der Waals surface area contributed by atoms with E-state index in [0.717, 1.165) is 0 Å². The topological polar surface area (TPSA) is 104 Å². The minimum atomic E-state index is -1.14. The van der Waals surface area contributed by atoms with Crippen molar-refractivity contribution in [1.82, 2.24) is 25.7 Å². The van der Waals surface area contributed by atoms with Crippen molar-refractivity contribution in [1.29, 1.82) is 0 Å². The molecule has 1 unspecified atom stereocenters. The molecular formula is C20H30FIN6O2. The van der Waals surface area contributed by atoms with Gasteiger partial charge < -0.3 is 21.1 Å². The Morgan fingerprint density at radius 2 is 2.03 bits per heavy atom. The van der Waals surface area contributed by atoms with Gasteiger partial charge in [-0.25, -0.2) is 9.38 Å². The lowest BCUT2D eigenvalue weighted by molar-refractivity contribution is -0.120. The van der Waals surface area contributed by atoms with Crippen molar-refractivity contribution in [2.75, 3.05) is 26.2 Å². The zero-order valence-corrected chi connectivity index (χ0v) is 19.8. The quantitative estimate of drug-likeness (QED) is 0.169. The van der Waals surface area contributed by atoms with Gasteiger partial charge >= 0.3 is 0 Å². The second-order valence-electron chi connectivity index (χ2n) is 6.96. The maximum absolute atomic E-state index is 13.2. The third-order valence-corrected chi connectivity index (χ3v) is 4.21. The number of aliphatic imine (C=N–C) groups is 1. The molecule has 1 amide bonds. The van der Waals surface area contributed by atoms with Crippen molar-refractivity contribution in [3.8, 4) is 0 Å². The van der Waals surface area contributed by atoms with Gasteiger partial charge in [0.15, 0.2) is 5.96 Å². The maximum Gasteiger partial charge on any atom is 0.224 e. The summed E-state index contributed by atoms with van der Waals surface area (Å²) in [6.07, 6.45) is 3.49. The molecule has 0 aliphatic carbocycles. The zero-order valence-electron chi connectivity index (χ0n) is 17.5. The number of aryl methyl sites for hydroxylation is 1. The molecule has 1 aromatic carbocycles. The highest BCUT2D eigenvalue weighted by molar-refractivity contribution is 14.0. The number of carbonyl (C=O) groups excluding carboxylic acids is 1. The molecule has 1 heterocycles. The molecule has 1 aromatic heterocycles. The van der Waals surface area contributed by atoms with Gasteiger partial charge in [-0.05, 0) is 31.5 Å². The van der Waals surface area contributed by atoms with Crippen LogP contribution < -0.4 is 16.0 Å². The largest absolute Gasteiger partial charge is 0.383 e. The fraction of sp³-hybridized carbons (Fsp3) is 0.450. The summed E-state index contributed by atoms with van der Waals surface area (Å²) in [5, 5.41) is 23.7. The van der Waals surface area contributed by atoms with Crippen LogP contribution in [0.3, 0.4) is 0 Å². The van der Waals surface area contributed by atoms with E-state index in [9.17, 15) is 14.3 Å². The van der Waals surface area contributed by atoms with Gasteiger partial charge in [0.05, 0.1) is 19.2 Å². The molecule has 0 aliphatic rings. The molecular weight excluding hydrogens is 502 g/mol. The van der Waals surface area contributed by atoms with Gasteiger partial charge in [0, 0.05) is 38.4 Å². The summed E-state index contributed by atoms with van der Waals surface area (Å²) in [6.45, 7) is 5.28. The Kier molecular flexibility index (Phi) is 10.7. The summed E-state index contributed by atoms with van der Waals surface area (Å²) >= 11 is 0. The van der Waals surface area contributed by atoms with Crippen LogP contribution in [0.5, 0.6) is 0 Å². The van der Waals surface area contributed by atoms with Crippen molar-refractivity contribution in [3.63, 3.8) is 0 Å². The zero-order chi connectivity index (χ0) is 21.3. The number of nitrogens with one attached hydrogen (secondary N) is 3. The predicted octanol–water partition coefficient (Wildman–Crippen LogP) is 1.30. The van der Waals surface area contributed by atoms with Gasteiger partial charge in [0.1, 0.15) is 11.4 Å². The standard InChI is InChI=1S/C20H29FN6O2.HI/c1-4-22-19(25-14-20(2,29)16-12-26-27(3)13-16)24-9-8-23-18(28)11-15-6-5-7-17(21)10-15;/h5-7,10,12-13,29H,4,8-9,11,14H2,1-3H3,(H,23,28)(H2,22,24,25);1H. The lowest BCUT2D eigenvalue weighted by Gasteiger charge is -2.20. The smallest absolute Gasteiger partial charge is 0.224 e. The Bertz CT molecular complexity index is 840. The number of aromatic nitrogens is 2. The Hall–Kier alpha value is -2.21. The molecule has 2 aromatic rings. The molecule has 166 valence electrons. The number of nitrogens with zero attached hydrogens (tertiary/aromatic N) is 3. The highest BCUT2D eigenvalue weighted by Gasteiger charge is 2.24. The number of amides is 1. The number of carbonyl (C=O) groups is 1. The number of hydrogen-bond acceptors (Lipinski definition) is 4. The van der Waals surface area contributed by atoms with Crippen molar-refractivity contribution < 1.29 is 14.3 Å². The molecule has 10 heteroatoms. The Balaban J connectivity index is 0.00000450. The van der Waals surface area contributed by atoms with E-state index in [1.807, 2.05) is 6.92 Å². The molecule has 0 saturated heterocycles. The van der Waals surface area contributed by atoms with E-state index in [2.05, 4.69) is 26.0 Å². The monoisotopic (exact) mass is 532 g/mol. The normalized spacial score (nSPS) is 13.2. The first-order valence-electron chi connectivity index (χ1n) is 9.55. The number of hydrogen-bond donors (Lipinski definition) is 4. The van der Waals surface area contributed by atoms with Crippen LogP contribution in [0.4, 0.5) is 4.39 Å². The molecule has 0 bridgehead atoms. The number of benzene rings is 1. The second kappa shape index (κ2) is 12.5. The highest BCUT2D eigenvalue weighted by atomic mass is 127. The molecule has 0 saturated carbocycles. The summed E-state index contributed by atoms with van der Waals surface area (Å²) in [5.41, 5.74) is 0.169. The molecule has 1 atom stereocenters. The predicted molar refractivity (Wildman–Crippen MR) is 125 cm³/mol. The van der Waals surface area contributed by atoms with Crippen LogP contribution in [0.1, 0.15) is 25.0 Å². The number of rotatable bonds is 9. The summed E-state index contributed by atoms with van der Waals surface area (Å²) < 4.78 is 14.8. The van der Waals surface area contributed by atoms with Crippen LogP contribution in [0, 0.1) is 5.82 Å². The van der Waals surface area contributed by atoms with Crippen LogP contribution in [-0.4, -0.2) is 52.9 Å². The Morgan fingerprint density at radius 1 is 1.30 bits per heavy atom. The number of halogens is 2. The van der Waals surface area contributed by atoms with Gasteiger partial charge in [0.2, 0.25) is 5.91 Å². The van der Waals surface area contributed by atoms with E-state index in [0.29, 0.717) is 36.7 Å². The van der Waals surface area contributed by atoms with Gasteiger partial charge in [-0.3, -0.25) is 9.48 Å². The van der Waals surface area contributed by atoms with Crippen LogP contribution in [0.25, 0.3) is 0 Å². The number of guanidine groups is 1. The van der Waals surface area contributed by atoms with Gasteiger partial charge in [-0.15, -0.1) is 24.0 Å². The fourth-order valence-corrected chi connectivity index (χ4v) is 2.64. The fourth-order valence-electron chi connectivity index (χ4n) is 2.64. The average Bonchev–Trinajstić information content (AvgIpc) is 3.10. The van der Waals surface area contributed by atoms with Crippen molar-refractivity contribution in [2.45, 2.75) is 25.9 Å². The van der Waals surface area contributed by atoms with Gasteiger partial charge in [-0.2, -0.15) is 5.10 Å². The van der Waals surface area contributed by atoms with E-state index in [-0.39, 0.29) is 48.7 Å². The summed E-state index contributed by atoms with van der Waals surface area (Å²) in [7, 11) is 1.79. The minimum absolute atomic E-state index is 0. The third-order valence-electron chi connectivity index (χ3n) is 4.21. The Labute approximate surface area is 193 Å². The molecule has 30 heavy (non-hydrogen) atoms. The highest BCUT2D eigenvalue weighted by Crippen LogP contribution is 2.19. The first-order chi connectivity index (χ1) is 13.8. The van der Waals surface area contributed by atoms with Crippen LogP contribution in [-0.2, 0) is 23.9 Å². The summed E-state index contributed by atoms with van der Waals surface area (Å²) in [6, 6.07) is 5.99. The maximum atomic E-state index is 13.2. The van der Waals surface area contributed by atoms with E-state index < -0.39 is 5.60 Å². The van der Waals surface area contributed by atoms with E-state index in [1.165, 1.54) is 12.1 Å². The van der Waals surface area contributed by atoms with Gasteiger partial charge in [0.25, 0.3) is 0 Å². The average molecular weight is 532 g/mol. The van der Waals surface area contributed by atoms with E-state index in [1.54, 1.807) is 43.2 Å². The first-order valence-corrected chi connectivity index (χ1v) is 9.55. The minimum Gasteiger partial charge on any atom is -0.383 e. The van der Waals surface area contributed by atoms with Crippen LogP contribution in [0.15, 0.2) is 41.7 Å². The van der Waals surface area contributed by atoms with Crippen molar-refractivity contribution in [3.05, 3.63) is 53.6 Å². The summed E-state index contributed by atoms with van der Waals surface area (Å²) in [4.78, 5) is 16.4. The Morgan fingerprint density at radius 3 is 2.67 bits per heavy atom. The van der Waals surface area contributed by atoms with Crippen LogP contribution in [0.2, 0.25) is 0 Å². The van der Waals surface area contributed by atoms with E-state index >= 15 is 0 Å². The van der Waals surface area contributed by atoms with Gasteiger partial charge in [-0.1, -0.05) is 12.1 Å². The lowest BCUT2D eigenvalue weighted by Crippen LogP contribution is -2.42. The van der Waals surface area contributed by atoms with Crippen molar-refractivity contribution in [2.24, 2.45) is 12.0 Å². The molecule has 8 nitrogen and oxygen atoms in total. The summed E-state index contributed by atoms with van der Waals surface area (Å²) in [5.74, 6) is 0.000484. The molecule has 0 fully saturated rings. The molecule has 0 spiro atoms. The molecule has 2 rings (SSSR count). The van der Waals surface area contributed by atoms with Crippen LogP contribution >= 0.6 is 24.0 Å². The van der Waals surface area contributed by atoms with E-state index in [4.69, 9.17) is 0 Å². The molecule has 0 radical (unpaired) electrons. The lowest BCUT2D eigenvalue weighted by atomic mass is 10.0. The number of aliphatic hydroxyl groups is 1. The molecule has 0 aliphatic heterocycles. The second-order valence-corrected chi connectivity index (χ2v) is 6.96. The third kappa shape index (κ3) is 8.66. The molecule has 4 N–H and O–H groups in total. The van der Waals surface area contributed by atoms with Crippen molar-refractivity contribution >= 4 is 35.8 Å². The first kappa shape index (κ1) is 25.8.